The second-order valence-electron chi connectivity index (χ2n) is 4.69. The van der Waals surface area contributed by atoms with E-state index in [1.165, 1.54) is 5.56 Å². The molecule has 0 spiro atoms. The van der Waals surface area contributed by atoms with Gasteiger partial charge in [-0.05, 0) is 29.7 Å². The summed E-state index contributed by atoms with van der Waals surface area (Å²) in [5.74, 6) is 0. The lowest BCUT2D eigenvalue weighted by molar-refractivity contribution is 0.173. The van der Waals surface area contributed by atoms with Crippen LogP contribution in [-0.4, -0.2) is 16.2 Å². The SMILES string of the molecule is Cc1ccccc1C(O)CNCc1ccn(C)c1. The number of benzene rings is 1. The Morgan fingerprint density at radius 2 is 2.06 bits per heavy atom. The van der Waals surface area contributed by atoms with E-state index in [2.05, 4.69) is 17.6 Å². The largest absolute Gasteiger partial charge is 0.387 e. The maximum absolute atomic E-state index is 10.1. The Labute approximate surface area is 108 Å². The van der Waals surface area contributed by atoms with Crippen LogP contribution in [0.5, 0.6) is 0 Å². The van der Waals surface area contributed by atoms with Crippen LogP contribution >= 0.6 is 0 Å². The molecule has 1 unspecified atom stereocenters. The van der Waals surface area contributed by atoms with Gasteiger partial charge >= 0.3 is 0 Å². The van der Waals surface area contributed by atoms with Crippen LogP contribution in [0.25, 0.3) is 0 Å². The van der Waals surface area contributed by atoms with Gasteiger partial charge in [-0.2, -0.15) is 0 Å². The van der Waals surface area contributed by atoms with E-state index in [0.29, 0.717) is 6.54 Å². The molecular weight excluding hydrogens is 224 g/mol. The number of hydrogen-bond donors (Lipinski definition) is 2. The zero-order chi connectivity index (χ0) is 13.0. The van der Waals surface area contributed by atoms with Crippen molar-refractivity contribution in [3.63, 3.8) is 0 Å². The molecule has 2 aromatic rings. The fraction of sp³-hybridized carbons (Fsp3) is 0.333. The summed E-state index contributed by atoms with van der Waals surface area (Å²) in [5, 5.41) is 13.4. The first-order valence-corrected chi connectivity index (χ1v) is 6.22. The second kappa shape index (κ2) is 5.85. The molecule has 1 heterocycles. The van der Waals surface area contributed by atoms with Crippen molar-refractivity contribution in [2.24, 2.45) is 7.05 Å². The van der Waals surface area contributed by atoms with Crippen LogP contribution in [0, 0.1) is 6.92 Å². The third kappa shape index (κ3) is 3.22. The second-order valence-corrected chi connectivity index (χ2v) is 4.69. The van der Waals surface area contributed by atoms with Gasteiger partial charge in [-0.25, -0.2) is 0 Å². The number of aromatic nitrogens is 1. The molecule has 0 aliphatic carbocycles. The van der Waals surface area contributed by atoms with Crippen LogP contribution in [0.4, 0.5) is 0 Å². The summed E-state index contributed by atoms with van der Waals surface area (Å²) >= 11 is 0. The Morgan fingerprint density at radius 1 is 1.28 bits per heavy atom. The fourth-order valence-electron chi connectivity index (χ4n) is 2.09. The van der Waals surface area contributed by atoms with Crippen molar-refractivity contribution in [3.8, 4) is 0 Å². The van der Waals surface area contributed by atoms with Crippen molar-refractivity contribution in [2.75, 3.05) is 6.54 Å². The molecule has 0 saturated heterocycles. The van der Waals surface area contributed by atoms with Crippen molar-refractivity contribution in [1.82, 2.24) is 9.88 Å². The van der Waals surface area contributed by atoms with E-state index in [4.69, 9.17) is 0 Å². The van der Waals surface area contributed by atoms with Crippen molar-refractivity contribution in [3.05, 3.63) is 59.4 Å². The Kier molecular flexibility index (Phi) is 4.18. The number of nitrogens with zero attached hydrogens (tertiary/aromatic N) is 1. The molecule has 1 aromatic heterocycles. The molecule has 1 atom stereocenters. The maximum atomic E-state index is 10.1. The smallest absolute Gasteiger partial charge is 0.0917 e. The van der Waals surface area contributed by atoms with Gasteiger partial charge < -0.3 is 15.0 Å². The van der Waals surface area contributed by atoms with Crippen molar-refractivity contribution >= 4 is 0 Å². The Hall–Kier alpha value is -1.58. The van der Waals surface area contributed by atoms with Crippen LogP contribution in [0.1, 0.15) is 22.8 Å². The molecule has 0 aliphatic rings. The molecule has 1 aromatic carbocycles. The summed E-state index contributed by atoms with van der Waals surface area (Å²) in [6, 6.07) is 10.0. The van der Waals surface area contributed by atoms with Crippen LogP contribution in [-0.2, 0) is 13.6 Å². The molecular formula is C15H20N2O. The number of aliphatic hydroxyl groups excluding tert-OH is 1. The predicted molar refractivity (Wildman–Crippen MR) is 73.3 cm³/mol. The monoisotopic (exact) mass is 244 g/mol. The zero-order valence-corrected chi connectivity index (χ0v) is 10.9. The molecule has 96 valence electrons. The molecule has 3 heteroatoms. The van der Waals surface area contributed by atoms with E-state index in [1.54, 1.807) is 0 Å². The molecule has 18 heavy (non-hydrogen) atoms. The summed E-state index contributed by atoms with van der Waals surface area (Å²) in [4.78, 5) is 0. The first-order chi connectivity index (χ1) is 8.66. The highest BCUT2D eigenvalue weighted by Gasteiger charge is 2.08. The van der Waals surface area contributed by atoms with Gasteiger partial charge in [0.15, 0.2) is 0 Å². The normalized spacial score (nSPS) is 12.6. The lowest BCUT2D eigenvalue weighted by atomic mass is 10.0. The lowest BCUT2D eigenvalue weighted by Crippen LogP contribution is -2.21. The number of rotatable bonds is 5. The van der Waals surface area contributed by atoms with E-state index in [1.807, 2.05) is 49.0 Å². The van der Waals surface area contributed by atoms with Crippen LogP contribution in [0.3, 0.4) is 0 Å². The molecule has 0 bridgehead atoms. The lowest BCUT2D eigenvalue weighted by Gasteiger charge is -2.14. The van der Waals surface area contributed by atoms with Gasteiger partial charge in [0.05, 0.1) is 6.10 Å². The van der Waals surface area contributed by atoms with E-state index in [9.17, 15) is 5.11 Å². The first-order valence-electron chi connectivity index (χ1n) is 6.22. The van der Waals surface area contributed by atoms with E-state index in [0.717, 1.165) is 17.7 Å². The third-order valence-electron chi connectivity index (χ3n) is 3.11. The molecule has 2 N–H and O–H groups in total. The van der Waals surface area contributed by atoms with Gasteiger partial charge in [0, 0.05) is 32.5 Å². The van der Waals surface area contributed by atoms with Gasteiger partial charge in [-0.3, -0.25) is 0 Å². The molecule has 0 saturated carbocycles. The van der Waals surface area contributed by atoms with Gasteiger partial charge in [-0.1, -0.05) is 24.3 Å². The summed E-state index contributed by atoms with van der Waals surface area (Å²) in [5.41, 5.74) is 3.36. The average molecular weight is 244 g/mol. The van der Waals surface area contributed by atoms with Crippen molar-refractivity contribution in [2.45, 2.75) is 19.6 Å². The maximum Gasteiger partial charge on any atom is 0.0917 e. The Bertz CT molecular complexity index is 505. The Balaban J connectivity index is 1.85. The summed E-state index contributed by atoms with van der Waals surface area (Å²) in [6.07, 6.45) is 3.65. The number of aliphatic hydroxyl groups is 1. The van der Waals surface area contributed by atoms with Gasteiger partial charge in [0.1, 0.15) is 0 Å². The molecule has 0 fully saturated rings. The van der Waals surface area contributed by atoms with Crippen molar-refractivity contribution < 1.29 is 5.11 Å². The third-order valence-corrected chi connectivity index (χ3v) is 3.11. The van der Waals surface area contributed by atoms with E-state index < -0.39 is 6.10 Å². The molecule has 0 amide bonds. The highest BCUT2D eigenvalue weighted by molar-refractivity contribution is 5.27. The number of nitrogens with one attached hydrogen (secondary N) is 1. The predicted octanol–water partition coefficient (Wildman–Crippen LogP) is 2.16. The number of hydrogen-bond acceptors (Lipinski definition) is 2. The highest BCUT2D eigenvalue weighted by Crippen LogP contribution is 2.16. The summed E-state index contributed by atoms with van der Waals surface area (Å²) in [6.45, 7) is 3.37. The van der Waals surface area contributed by atoms with Crippen LogP contribution in [0.2, 0.25) is 0 Å². The van der Waals surface area contributed by atoms with Gasteiger partial charge in [0.2, 0.25) is 0 Å². The topological polar surface area (TPSA) is 37.2 Å². The minimum absolute atomic E-state index is 0.449. The molecule has 3 nitrogen and oxygen atoms in total. The zero-order valence-electron chi connectivity index (χ0n) is 10.9. The highest BCUT2D eigenvalue weighted by atomic mass is 16.3. The van der Waals surface area contributed by atoms with Gasteiger partial charge in [0.25, 0.3) is 0 Å². The van der Waals surface area contributed by atoms with Gasteiger partial charge in [-0.15, -0.1) is 0 Å². The average Bonchev–Trinajstić information content (AvgIpc) is 2.75. The molecule has 0 radical (unpaired) electrons. The standard InChI is InChI=1S/C15H20N2O/c1-12-5-3-4-6-14(12)15(18)10-16-9-13-7-8-17(2)11-13/h3-8,11,15-16,18H,9-10H2,1-2H3. The minimum atomic E-state index is -0.449. The van der Waals surface area contributed by atoms with E-state index >= 15 is 0 Å². The molecule has 0 aliphatic heterocycles. The first kappa shape index (κ1) is 12.9. The minimum Gasteiger partial charge on any atom is -0.387 e. The number of aryl methyl sites for hydroxylation is 2. The van der Waals surface area contributed by atoms with Crippen LogP contribution < -0.4 is 5.32 Å². The summed E-state index contributed by atoms with van der Waals surface area (Å²) < 4.78 is 2.02. The molecule has 2 rings (SSSR count). The van der Waals surface area contributed by atoms with Crippen molar-refractivity contribution in [1.29, 1.82) is 0 Å². The Morgan fingerprint density at radius 3 is 2.72 bits per heavy atom. The van der Waals surface area contributed by atoms with Crippen LogP contribution in [0.15, 0.2) is 42.7 Å². The fourth-order valence-corrected chi connectivity index (χ4v) is 2.09. The summed E-state index contributed by atoms with van der Waals surface area (Å²) in [7, 11) is 2.01. The quantitative estimate of drug-likeness (QED) is 0.845. The van der Waals surface area contributed by atoms with E-state index in [-0.39, 0.29) is 0 Å².